The van der Waals surface area contributed by atoms with Gasteiger partial charge in [0.25, 0.3) is 0 Å². The van der Waals surface area contributed by atoms with E-state index in [9.17, 15) is 14.0 Å². The second-order valence-electron chi connectivity index (χ2n) is 7.79. The Hall–Kier alpha value is -2.40. The lowest BCUT2D eigenvalue weighted by Gasteiger charge is -2.32. The van der Waals surface area contributed by atoms with E-state index in [-0.39, 0.29) is 36.1 Å². The van der Waals surface area contributed by atoms with Gasteiger partial charge in [-0.05, 0) is 36.1 Å². The molecule has 0 aromatic heterocycles. The zero-order valence-electron chi connectivity index (χ0n) is 17.0. The van der Waals surface area contributed by atoms with Crippen LogP contribution in [0, 0.1) is 5.82 Å². The molecule has 0 saturated heterocycles. The minimum Gasteiger partial charge on any atom is -0.351 e. The molecular formula is C24H28ClFN2O2. The molecule has 2 amide bonds. The van der Waals surface area contributed by atoms with Crippen molar-refractivity contribution in [3.8, 4) is 0 Å². The minimum atomic E-state index is -0.875. The van der Waals surface area contributed by atoms with Crippen LogP contribution in [0.2, 0.25) is 0 Å². The molecule has 0 spiro atoms. The number of hydrogen-bond acceptors (Lipinski definition) is 2. The van der Waals surface area contributed by atoms with Gasteiger partial charge in [-0.15, -0.1) is 11.6 Å². The van der Waals surface area contributed by atoms with Crippen molar-refractivity contribution in [1.29, 1.82) is 0 Å². The monoisotopic (exact) mass is 430 g/mol. The number of hydrogen-bond donors (Lipinski definition) is 1. The highest BCUT2D eigenvalue weighted by Gasteiger charge is 2.32. The lowest BCUT2D eigenvalue weighted by atomic mass is 10.0. The van der Waals surface area contributed by atoms with Crippen molar-refractivity contribution in [2.45, 2.75) is 57.2 Å². The third-order valence-electron chi connectivity index (χ3n) is 5.58. The van der Waals surface area contributed by atoms with Gasteiger partial charge in [-0.25, -0.2) is 4.39 Å². The van der Waals surface area contributed by atoms with E-state index in [1.54, 1.807) is 12.1 Å². The quantitative estimate of drug-likeness (QED) is 0.497. The summed E-state index contributed by atoms with van der Waals surface area (Å²) in [6.45, 7) is 0.243. The maximum absolute atomic E-state index is 13.5. The molecule has 0 bridgehead atoms. The molecule has 1 aliphatic rings. The van der Waals surface area contributed by atoms with Gasteiger partial charge in [0.15, 0.2) is 0 Å². The van der Waals surface area contributed by atoms with Crippen LogP contribution in [0.15, 0.2) is 54.6 Å². The minimum absolute atomic E-state index is 0.0904. The number of alkyl halides is 1. The zero-order chi connectivity index (χ0) is 21.3. The van der Waals surface area contributed by atoms with Gasteiger partial charge >= 0.3 is 0 Å². The van der Waals surface area contributed by atoms with Crippen molar-refractivity contribution in [3.63, 3.8) is 0 Å². The van der Waals surface area contributed by atoms with Crippen LogP contribution in [0.1, 0.15) is 55.7 Å². The summed E-state index contributed by atoms with van der Waals surface area (Å²) in [7, 11) is 0. The topological polar surface area (TPSA) is 49.4 Å². The van der Waals surface area contributed by atoms with Gasteiger partial charge in [0.05, 0.1) is 0 Å². The molecule has 1 fully saturated rings. The van der Waals surface area contributed by atoms with Gasteiger partial charge in [-0.3, -0.25) is 9.59 Å². The highest BCUT2D eigenvalue weighted by molar-refractivity contribution is 6.27. The van der Waals surface area contributed by atoms with Gasteiger partial charge < -0.3 is 10.2 Å². The lowest BCUT2D eigenvalue weighted by molar-refractivity contribution is -0.140. The normalized spacial score (nSPS) is 15.8. The predicted molar refractivity (Wildman–Crippen MR) is 116 cm³/mol. The van der Waals surface area contributed by atoms with Crippen LogP contribution in [0.25, 0.3) is 0 Å². The van der Waals surface area contributed by atoms with Crippen LogP contribution >= 0.6 is 11.6 Å². The van der Waals surface area contributed by atoms with Gasteiger partial charge in [0.2, 0.25) is 11.8 Å². The summed E-state index contributed by atoms with van der Waals surface area (Å²) in [5.74, 6) is -1.21. The first-order valence-corrected chi connectivity index (χ1v) is 11.1. The predicted octanol–water partition coefficient (Wildman–Crippen LogP) is 4.97. The summed E-state index contributed by atoms with van der Waals surface area (Å²) >= 11 is 5.90. The molecule has 1 N–H and O–H groups in total. The number of nitrogens with zero attached hydrogens (tertiary/aromatic N) is 1. The molecule has 1 aliphatic carbocycles. The Kier molecular flexibility index (Phi) is 8.26. The summed E-state index contributed by atoms with van der Waals surface area (Å²) in [5, 5.41) is 3.15. The van der Waals surface area contributed by atoms with Crippen molar-refractivity contribution >= 4 is 23.4 Å². The molecule has 4 nitrogen and oxygen atoms in total. The summed E-state index contributed by atoms with van der Waals surface area (Å²) in [4.78, 5) is 27.7. The molecule has 0 aliphatic heterocycles. The number of nitrogens with one attached hydrogen (secondary N) is 1. The van der Waals surface area contributed by atoms with Crippen LogP contribution in [0.4, 0.5) is 4.39 Å². The molecule has 0 heterocycles. The molecular weight excluding hydrogens is 403 g/mol. The Bertz CT molecular complexity index is 821. The van der Waals surface area contributed by atoms with Gasteiger partial charge in [0.1, 0.15) is 17.7 Å². The van der Waals surface area contributed by atoms with Crippen molar-refractivity contribution in [3.05, 3.63) is 71.5 Å². The number of carbonyl (C=O) groups excluding carboxylic acids is 2. The Morgan fingerprint density at radius 3 is 2.23 bits per heavy atom. The van der Waals surface area contributed by atoms with E-state index in [4.69, 9.17) is 11.6 Å². The summed E-state index contributed by atoms with van der Waals surface area (Å²) in [5.41, 5.74) is 1.46. The van der Waals surface area contributed by atoms with Crippen molar-refractivity contribution in [2.75, 3.05) is 5.88 Å². The fourth-order valence-electron chi connectivity index (χ4n) is 4.00. The Morgan fingerprint density at radius 1 is 1.00 bits per heavy atom. The largest absolute Gasteiger partial charge is 0.351 e. The maximum atomic E-state index is 13.5. The molecule has 2 aromatic rings. The maximum Gasteiger partial charge on any atom is 0.247 e. The van der Waals surface area contributed by atoms with E-state index >= 15 is 0 Å². The second-order valence-corrected chi connectivity index (χ2v) is 8.06. The molecule has 1 atom stereocenters. The first kappa shape index (κ1) is 22.3. The van der Waals surface area contributed by atoms with E-state index in [0.29, 0.717) is 5.56 Å². The van der Waals surface area contributed by atoms with E-state index in [0.717, 1.165) is 31.2 Å². The van der Waals surface area contributed by atoms with Gasteiger partial charge in [-0.2, -0.15) is 0 Å². The van der Waals surface area contributed by atoms with E-state index in [1.807, 2.05) is 30.3 Å². The Morgan fingerprint density at radius 2 is 1.63 bits per heavy atom. The number of carbonyl (C=O) groups is 2. The molecule has 30 heavy (non-hydrogen) atoms. The third-order valence-corrected chi connectivity index (χ3v) is 5.81. The SMILES string of the molecule is O=C(NC1CCCCCC1)C(c1ccc(F)cc1)N(Cc1ccccc1)C(=O)CCl. The highest BCUT2D eigenvalue weighted by Crippen LogP contribution is 2.26. The standard InChI is InChI=1S/C24H28ClFN2O2/c25-16-22(29)28(17-18-8-4-3-5-9-18)23(19-12-14-20(26)15-13-19)24(30)27-21-10-6-1-2-7-11-21/h3-5,8-9,12-15,21,23H,1-2,6-7,10-11,16-17H2,(H,27,30). The fourth-order valence-corrected chi connectivity index (χ4v) is 4.16. The van der Waals surface area contributed by atoms with Crippen LogP contribution in [0.5, 0.6) is 0 Å². The van der Waals surface area contributed by atoms with Crippen molar-refractivity contribution in [1.82, 2.24) is 10.2 Å². The average molecular weight is 431 g/mol. The molecule has 1 saturated carbocycles. The summed E-state index contributed by atoms with van der Waals surface area (Å²) in [6.07, 6.45) is 6.40. The molecule has 2 aromatic carbocycles. The number of benzene rings is 2. The number of rotatable bonds is 7. The third kappa shape index (κ3) is 6.05. The molecule has 1 unspecified atom stereocenters. The molecule has 0 radical (unpaired) electrons. The Labute approximate surface area is 182 Å². The highest BCUT2D eigenvalue weighted by atomic mass is 35.5. The van der Waals surface area contributed by atoms with Gasteiger partial charge in [0, 0.05) is 12.6 Å². The summed E-state index contributed by atoms with van der Waals surface area (Å²) in [6, 6.07) is 14.4. The van der Waals surface area contributed by atoms with Crippen LogP contribution in [-0.2, 0) is 16.1 Å². The second kappa shape index (κ2) is 11.1. The Balaban J connectivity index is 1.91. The fraction of sp³-hybridized carbons (Fsp3) is 0.417. The smallest absolute Gasteiger partial charge is 0.247 e. The molecule has 160 valence electrons. The van der Waals surface area contributed by atoms with Crippen molar-refractivity contribution < 1.29 is 14.0 Å². The van der Waals surface area contributed by atoms with Crippen LogP contribution in [0.3, 0.4) is 0 Å². The van der Waals surface area contributed by atoms with Gasteiger partial charge in [-0.1, -0.05) is 68.1 Å². The van der Waals surface area contributed by atoms with Crippen LogP contribution in [-0.4, -0.2) is 28.6 Å². The van der Waals surface area contributed by atoms with E-state index in [2.05, 4.69) is 5.32 Å². The number of halogens is 2. The molecule has 6 heteroatoms. The molecule has 3 rings (SSSR count). The zero-order valence-corrected chi connectivity index (χ0v) is 17.8. The van der Waals surface area contributed by atoms with Crippen molar-refractivity contribution in [2.24, 2.45) is 0 Å². The van der Waals surface area contributed by atoms with E-state index in [1.165, 1.54) is 29.9 Å². The first-order valence-electron chi connectivity index (χ1n) is 10.5. The number of amides is 2. The lowest BCUT2D eigenvalue weighted by Crippen LogP contribution is -2.46. The van der Waals surface area contributed by atoms with E-state index < -0.39 is 6.04 Å². The van der Waals surface area contributed by atoms with Crippen LogP contribution < -0.4 is 5.32 Å². The average Bonchev–Trinajstić information content (AvgIpc) is 3.03. The first-order chi connectivity index (χ1) is 14.6. The summed E-state index contributed by atoms with van der Waals surface area (Å²) < 4.78 is 13.5.